The lowest BCUT2D eigenvalue weighted by Crippen LogP contribution is -2.38. The molecule has 1 heterocycles. The maximum Gasteiger partial charge on any atom is 0.191 e. The molecule has 1 aromatic heterocycles. The van der Waals surface area contributed by atoms with Gasteiger partial charge in [0, 0.05) is 37.4 Å². The minimum absolute atomic E-state index is 0. The monoisotopic (exact) mass is 489 g/mol. The number of hydrogen-bond acceptors (Lipinski definition) is 2. The molecule has 0 atom stereocenters. The van der Waals surface area contributed by atoms with E-state index < -0.39 is 0 Å². The number of hydrogen-bond donors (Lipinski definition) is 2. The number of aromatic nitrogens is 2. The van der Waals surface area contributed by atoms with Gasteiger partial charge in [-0.3, -0.25) is 9.67 Å². The second-order valence-electron chi connectivity index (χ2n) is 6.09. The van der Waals surface area contributed by atoms with Crippen molar-refractivity contribution in [3.05, 3.63) is 51.8 Å². The van der Waals surface area contributed by atoms with Crippen LogP contribution in [0.15, 0.2) is 29.3 Å². The number of aryl methyl sites for hydroxylation is 2. The van der Waals surface area contributed by atoms with Crippen LogP contribution in [0.25, 0.3) is 0 Å². The third-order valence-corrected chi connectivity index (χ3v) is 4.47. The zero-order chi connectivity index (χ0) is 18.2. The van der Waals surface area contributed by atoms with Gasteiger partial charge in [0.2, 0.25) is 0 Å². The van der Waals surface area contributed by atoms with E-state index >= 15 is 0 Å². The van der Waals surface area contributed by atoms with Crippen molar-refractivity contribution in [1.82, 2.24) is 20.4 Å². The highest BCUT2D eigenvalue weighted by Gasteiger charge is 2.08. The summed E-state index contributed by atoms with van der Waals surface area (Å²) in [6, 6.07) is 7.97. The van der Waals surface area contributed by atoms with Crippen LogP contribution in [-0.2, 0) is 19.9 Å². The van der Waals surface area contributed by atoms with Gasteiger partial charge in [-0.25, -0.2) is 0 Å². The molecule has 5 nitrogen and oxygen atoms in total. The Bertz CT molecular complexity index is 727. The van der Waals surface area contributed by atoms with E-state index in [1.807, 2.05) is 29.9 Å². The summed E-state index contributed by atoms with van der Waals surface area (Å²) in [6.07, 6.45) is 1.81. The van der Waals surface area contributed by atoms with Crippen molar-refractivity contribution in [2.24, 2.45) is 12.0 Å². The molecule has 2 rings (SSSR count). The summed E-state index contributed by atoms with van der Waals surface area (Å²) in [5, 5.41) is 11.9. The van der Waals surface area contributed by atoms with E-state index in [0.717, 1.165) is 49.2 Å². The average molecular weight is 490 g/mol. The van der Waals surface area contributed by atoms with Crippen molar-refractivity contribution in [2.75, 3.05) is 19.6 Å². The molecule has 0 saturated carbocycles. The SMILES string of the molecule is CCNC(=NCCc1c(C)nn(C)c1C)NCCc1cccc(Cl)c1.I. The molecule has 0 saturated heterocycles. The third-order valence-electron chi connectivity index (χ3n) is 4.23. The quantitative estimate of drug-likeness (QED) is 0.355. The standard InChI is InChI=1S/C19H28ClN5.HI/c1-5-21-19(22-11-9-16-7-6-8-17(20)13-16)23-12-10-18-14(2)24-25(4)15(18)3;/h6-8,13H,5,9-12H2,1-4H3,(H2,21,22,23);1H. The molecule has 0 unspecified atom stereocenters. The number of benzene rings is 1. The Morgan fingerprint density at radius 3 is 2.62 bits per heavy atom. The zero-order valence-electron chi connectivity index (χ0n) is 16.0. The molecular weight excluding hydrogens is 461 g/mol. The van der Waals surface area contributed by atoms with Gasteiger partial charge in [-0.15, -0.1) is 24.0 Å². The van der Waals surface area contributed by atoms with Gasteiger partial charge in [-0.05, 0) is 56.9 Å². The normalized spacial score (nSPS) is 11.2. The summed E-state index contributed by atoms with van der Waals surface area (Å²) < 4.78 is 1.93. The topological polar surface area (TPSA) is 54.2 Å². The molecule has 1 aromatic carbocycles. The van der Waals surface area contributed by atoms with Gasteiger partial charge in [0.1, 0.15) is 0 Å². The number of nitrogens with zero attached hydrogens (tertiary/aromatic N) is 3. The maximum absolute atomic E-state index is 6.03. The van der Waals surface area contributed by atoms with Crippen LogP contribution in [0.2, 0.25) is 5.02 Å². The van der Waals surface area contributed by atoms with Gasteiger partial charge in [0.05, 0.1) is 5.69 Å². The largest absolute Gasteiger partial charge is 0.357 e. The summed E-state index contributed by atoms with van der Waals surface area (Å²) in [5.74, 6) is 0.851. The summed E-state index contributed by atoms with van der Waals surface area (Å²) >= 11 is 6.03. The molecule has 144 valence electrons. The van der Waals surface area contributed by atoms with Crippen molar-refractivity contribution in [1.29, 1.82) is 0 Å². The minimum atomic E-state index is 0. The van der Waals surface area contributed by atoms with Crippen LogP contribution in [0.5, 0.6) is 0 Å². The fraction of sp³-hybridized carbons (Fsp3) is 0.474. The van der Waals surface area contributed by atoms with Crippen molar-refractivity contribution in [3.8, 4) is 0 Å². The van der Waals surface area contributed by atoms with Crippen LogP contribution in [0, 0.1) is 13.8 Å². The van der Waals surface area contributed by atoms with Gasteiger partial charge >= 0.3 is 0 Å². The van der Waals surface area contributed by atoms with Gasteiger partial charge in [0.25, 0.3) is 0 Å². The fourth-order valence-electron chi connectivity index (χ4n) is 2.82. The van der Waals surface area contributed by atoms with E-state index in [1.165, 1.54) is 16.8 Å². The predicted octanol–water partition coefficient (Wildman–Crippen LogP) is 3.65. The van der Waals surface area contributed by atoms with E-state index in [-0.39, 0.29) is 24.0 Å². The Morgan fingerprint density at radius 1 is 1.23 bits per heavy atom. The Hall–Kier alpha value is -1.28. The lowest BCUT2D eigenvalue weighted by molar-refractivity contribution is 0.729. The van der Waals surface area contributed by atoms with Crippen LogP contribution in [0.1, 0.15) is 29.4 Å². The van der Waals surface area contributed by atoms with E-state index in [9.17, 15) is 0 Å². The van der Waals surface area contributed by atoms with E-state index in [0.29, 0.717) is 0 Å². The Balaban J connectivity index is 0.00000338. The number of halogens is 2. The Morgan fingerprint density at radius 2 is 2.00 bits per heavy atom. The molecule has 2 aromatic rings. The van der Waals surface area contributed by atoms with Gasteiger partial charge in [0.15, 0.2) is 5.96 Å². The second kappa shape index (κ2) is 11.4. The van der Waals surface area contributed by atoms with Crippen molar-refractivity contribution < 1.29 is 0 Å². The minimum Gasteiger partial charge on any atom is -0.357 e. The lowest BCUT2D eigenvalue weighted by Gasteiger charge is -2.11. The molecule has 0 aliphatic heterocycles. The van der Waals surface area contributed by atoms with Crippen LogP contribution < -0.4 is 10.6 Å². The third kappa shape index (κ3) is 6.79. The first kappa shape index (κ1) is 22.8. The fourth-order valence-corrected chi connectivity index (χ4v) is 3.03. The number of rotatable bonds is 7. The first-order valence-electron chi connectivity index (χ1n) is 8.77. The molecule has 2 N–H and O–H groups in total. The number of aliphatic imine (C=N–C) groups is 1. The summed E-state index contributed by atoms with van der Waals surface area (Å²) in [6.45, 7) is 8.63. The predicted molar refractivity (Wildman–Crippen MR) is 121 cm³/mol. The lowest BCUT2D eigenvalue weighted by atomic mass is 10.1. The second-order valence-corrected chi connectivity index (χ2v) is 6.53. The van der Waals surface area contributed by atoms with Gasteiger partial charge in [-0.2, -0.15) is 5.10 Å². The van der Waals surface area contributed by atoms with Crippen LogP contribution in [-0.4, -0.2) is 35.4 Å². The Kier molecular flexibility index (Phi) is 10.0. The van der Waals surface area contributed by atoms with Crippen LogP contribution in [0.4, 0.5) is 0 Å². The number of guanidine groups is 1. The maximum atomic E-state index is 6.03. The highest BCUT2D eigenvalue weighted by molar-refractivity contribution is 14.0. The van der Waals surface area contributed by atoms with E-state index in [2.05, 4.69) is 47.6 Å². The molecule has 0 fully saturated rings. The van der Waals surface area contributed by atoms with Crippen LogP contribution >= 0.6 is 35.6 Å². The summed E-state index contributed by atoms with van der Waals surface area (Å²) in [7, 11) is 1.98. The van der Waals surface area contributed by atoms with Gasteiger partial charge in [-0.1, -0.05) is 23.7 Å². The van der Waals surface area contributed by atoms with E-state index in [4.69, 9.17) is 11.6 Å². The van der Waals surface area contributed by atoms with Crippen molar-refractivity contribution in [2.45, 2.75) is 33.6 Å². The Labute approximate surface area is 178 Å². The molecule has 0 spiro atoms. The molecule has 0 radical (unpaired) electrons. The first-order valence-corrected chi connectivity index (χ1v) is 9.14. The smallest absolute Gasteiger partial charge is 0.191 e. The summed E-state index contributed by atoms with van der Waals surface area (Å²) in [5.41, 5.74) is 4.82. The van der Waals surface area contributed by atoms with Gasteiger partial charge < -0.3 is 10.6 Å². The van der Waals surface area contributed by atoms with E-state index in [1.54, 1.807) is 0 Å². The molecule has 26 heavy (non-hydrogen) atoms. The van der Waals surface area contributed by atoms with Crippen molar-refractivity contribution in [3.63, 3.8) is 0 Å². The average Bonchev–Trinajstić information content (AvgIpc) is 2.81. The number of nitrogens with one attached hydrogen (secondary N) is 2. The molecule has 0 bridgehead atoms. The van der Waals surface area contributed by atoms with Crippen LogP contribution in [0.3, 0.4) is 0 Å². The zero-order valence-corrected chi connectivity index (χ0v) is 19.1. The molecule has 0 aliphatic carbocycles. The molecule has 7 heteroatoms. The molecule has 0 amide bonds. The molecule has 0 aliphatic rings. The highest BCUT2D eigenvalue weighted by Crippen LogP contribution is 2.12. The van der Waals surface area contributed by atoms with Crippen molar-refractivity contribution >= 4 is 41.5 Å². The summed E-state index contributed by atoms with van der Waals surface area (Å²) in [4.78, 5) is 4.68. The highest BCUT2D eigenvalue weighted by atomic mass is 127. The molecular formula is C19H29ClIN5. The first-order chi connectivity index (χ1) is 12.0.